The molecule has 1 heterocycles. The fourth-order valence-electron chi connectivity index (χ4n) is 3.75. The Morgan fingerprint density at radius 1 is 0.935 bits per heavy atom. The third-order valence-corrected chi connectivity index (χ3v) is 5.35. The molecule has 4 rings (SSSR count). The molecule has 0 bridgehead atoms. The zero-order valence-electron chi connectivity index (χ0n) is 17.3. The molecular formula is C26H24N2O3. The van der Waals surface area contributed by atoms with E-state index < -0.39 is 5.92 Å². The van der Waals surface area contributed by atoms with Crippen LogP contribution in [0.4, 0.5) is 0 Å². The minimum atomic E-state index is -0.398. The van der Waals surface area contributed by atoms with Crippen LogP contribution in [-0.2, 0) is 11.2 Å². The van der Waals surface area contributed by atoms with Crippen LogP contribution in [0.2, 0.25) is 0 Å². The molecule has 156 valence electrons. The standard InChI is InChI=1S/C26H24N2O3/c1-31-22-13-12-20-16-21(25(29)28-23(20)17-22)14-15-27-26(30)24(18-8-4-2-5-9-18)19-10-6-3-7-11-19/h2-13,16-17,24H,14-15H2,1H3,(H,27,30)(H,28,29). The predicted octanol–water partition coefficient (Wildman–Crippen LogP) is 4.03. The molecule has 0 radical (unpaired) electrons. The normalized spacial score (nSPS) is 10.9. The number of aromatic amines is 1. The van der Waals surface area contributed by atoms with Gasteiger partial charge in [0.05, 0.1) is 18.5 Å². The summed E-state index contributed by atoms with van der Waals surface area (Å²) in [6.07, 6.45) is 0.444. The molecule has 5 nitrogen and oxygen atoms in total. The predicted molar refractivity (Wildman–Crippen MR) is 123 cm³/mol. The van der Waals surface area contributed by atoms with Gasteiger partial charge in [0.2, 0.25) is 5.91 Å². The molecule has 0 saturated carbocycles. The second-order valence-corrected chi connectivity index (χ2v) is 7.37. The minimum Gasteiger partial charge on any atom is -0.497 e. The molecule has 5 heteroatoms. The molecule has 31 heavy (non-hydrogen) atoms. The van der Waals surface area contributed by atoms with Crippen molar-refractivity contribution in [2.75, 3.05) is 13.7 Å². The number of pyridine rings is 1. The third kappa shape index (κ3) is 4.67. The molecule has 0 saturated heterocycles. The number of nitrogens with one attached hydrogen (secondary N) is 2. The summed E-state index contributed by atoms with van der Waals surface area (Å²) in [7, 11) is 1.59. The fraction of sp³-hybridized carbons (Fsp3) is 0.154. The Kier molecular flexibility index (Phi) is 6.13. The summed E-state index contributed by atoms with van der Waals surface area (Å²) in [6.45, 7) is 0.375. The molecule has 1 aromatic heterocycles. The molecule has 0 aliphatic rings. The molecule has 0 aliphatic heterocycles. The molecule has 2 N–H and O–H groups in total. The molecular weight excluding hydrogens is 388 g/mol. The highest BCUT2D eigenvalue weighted by Crippen LogP contribution is 2.24. The SMILES string of the molecule is COc1ccc2cc(CCNC(=O)C(c3ccccc3)c3ccccc3)c(=O)[nH]c2c1. The Morgan fingerprint density at radius 2 is 1.58 bits per heavy atom. The first-order chi connectivity index (χ1) is 15.2. The Morgan fingerprint density at radius 3 is 2.19 bits per heavy atom. The number of hydrogen-bond donors (Lipinski definition) is 2. The average molecular weight is 412 g/mol. The van der Waals surface area contributed by atoms with E-state index in [1.165, 1.54) is 0 Å². The van der Waals surface area contributed by atoms with Crippen LogP contribution in [0.25, 0.3) is 10.9 Å². The number of rotatable bonds is 7. The lowest BCUT2D eigenvalue weighted by Gasteiger charge is -2.18. The quantitative estimate of drug-likeness (QED) is 0.482. The molecule has 1 amide bonds. The van der Waals surface area contributed by atoms with Gasteiger partial charge < -0.3 is 15.0 Å². The van der Waals surface area contributed by atoms with Crippen molar-refractivity contribution >= 4 is 16.8 Å². The van der Waals surface area contributed by atoms with Crippen molar-refractivity contribution in [3.63, 3.8) is 0 Å². The lowest BCUT2D eigenvalue weighted by Crippen LogP contribution is -2.32. The van der Waals surface area contributed by atoms with Crippen LogP contribution in [0.3, 0.4) is 0 Å². The fourth-order valence-corrected chi connectivity index (χ4v) is 3.75. The van der Waals surface area contributed by atoms with Crippen LogP contribution in [0.1, 0.15) is 22.6 Å². The Hall–Kier alpha value is -3.86. The highest BCUT2D eigenvalue weighted by atomic mass is 16.5. The monoisotopic (exact) mass is 412 g/mol. The van der Waals surface area contributed by atoms with Crippen LogP contribution in [0, 0.1) is 0 Å². The van der Waals surface area contributed by atoms with Gasteiger partial charge in [0.15, 0.2) is 0 Å². The topological polar surface area (TPSA) is 71.2 Å². The van der Waals surface area contributed by atoms with Crippen LogP contribution < -0.4 is 15.6 Å². The van der Waals surface area contributed by atoms with Crippen LogP contribution in [0.5, 0.6) is 5.75 Å². The number of H-pyrrole nitrogens is 1. The van der Waals surface area contributed by atoms with E-state index in [0.717, 1.165) is 22.0 Å². The summed E-state index contributed by atoms with van der Waals surface area (Å²) in [6, 6.07) is 26.9. The minimum absolute atomic E-state index is 0.0839. The van der Waals surface area contributed by atoms with Crippen molar-refractivity contribution < 1.29 is 9.53 Å². The molecule has 4 aromatic rings. The van der Waals surface area contributed by atoms with Gasteiger partial charge in [-0.2, -0.15) is 0 Å². The van der Waals surface area contributed by atoms with Gasteiger partial charge in [-0.3, -0.25) is 9.59 Å². The van der Waals surface area contributed by atoms with Crippen molar-refractivity contribution in [2.45, 2.75) is 12.3 Å². The van der Waals surface area contributed by atoms with E-state index in [0.29, 0.717) is 24.3 Å². The van der Waals surface area contributed by atoms with Crippen molar-refractivity contribution in [2.24, 2.45) is 0 Å². The van der Waals surface area contributed by atoms with E-state index >= 15 is 0 Å². The van der Waals surface area contributed by atoms with Gasteiger partial charge in [-0.05, 0) is 41.1 Å². The number of amides is 1. The van der Waals surface area contributed by atoms with E-state index in [9.17, 15) is 9.59 Å². The second kappa shape index (κ2) is 9.30. The van der Waals surface area contributed by atoms with Gasteiger partial charge in [-0.15, -0.1) is 0 Å². The summed E-state index contributed by atoms with van der Waals surface area (Å²) >= 11 is 0. The third-order valence-electron chi connectivity index (χ3n) is 5.35. The van der Waals surface area contributed by atoms with Gasteiger partial charge >= 0.3 is 0 Å². The van der Waals surface area contributed by atoms with Gasteiger partial charge in [0, 0.05) is 18.2 Å². The summed E-state index contributed by atoms with van der Waals surface area (Å²) in [4.78, 5) is 28.5. The lowest BCUT2D eigenvalue weighted by molar-refractivity contribution is -0.121. The van der Waals surface area contributed by atoms with Crippen molar-refractivity contribution in [1.29, 1.82) is 0 Å². The first-order valence-electron chi connectivity index (χ1n) is 10.2. The number of benzene rings is 3. The average Bonchev–Trinajstić information content (AvgIpc) is 2.80. The number of methoxy groups -OCH3 is 1. The smallest absolute Gasteiger partial charge is 0.251 e. The van der Waals surface area contributed by atoms with Crippen LogP contribution >= 0.6 is 0 Å². The first kappa shape index (κ1) is 20.4. The molecule has 3 aromatic carbocycles. The highest BCUT2D eigenvalue weighted by molar-refractivity contribution is 5.87. The maximum atomic E-state index is 13.1. The number of fused-ring (bicyclic) bond motifs is 1. The second-order valence-electron chi connectivity index (χ2n) is 7.37. The zero-order valence-corrected chi connectivity index (χ0v) is 17.3. The maximum Gasteiger partial charge on any atom is 0.251 e. The van der Waals surface area contributed by atoms with E-state index in [1.54, 1.807) is 13.2 Å². The zero-order chi connectivity index (χ0) is 21.6. The summed E-state index contributed by atoms with van der Waals surface area (Å²) < 4.78 is 5.21. The number of aromatic nitrogens is 1. The molecule has 0 spiro atoms. The van der Waals surface area contributed by atoms with Crippen molar-refractivity contribution in [3.8, 4) is 5.75 Å². The van der Waals surface area contributed by atoms with E-state index in [4.69, 9.17) is 4.74 Å². The number of carbonyl (C=O) groups is 1. The van der Waals surface area contributed by atoms with Crippen molar-refractivity contribution in [1.82, 2.24) is 10.3 Å². The number of hydrogen-bond acceptors (Lipinski definition) is 3. The lowest BCUT2D eigenvalue weighted by atomic mass is 9.90. The molecule has 0 atom stereocenters. The van der Waals surface area contributed by atoms with Crippen LogP contribution in [0.15, 0.2) is 89.7 Å². The van der Waals surface area contributed by atoms with Gasteiger partial charge in [-0.25, -0.2) is 0 Å². The van der Waals surface area contributed by atoms with Gasteiger partial charge in [0.1, 0.15) is 5.75 Å². The largest absolute Gasteiger partial charge is 0.497 e. The Labute approximate surface area is 180 Å². The van der Waals surface area contributed by atoms with Gasteiger partial charge in [0.25, 0.3) is 5.56 Å². The maximum absolute atomic E-state index is 13.1. The number of carbonyl (C=O) groups excluding carboxylic acids is 1. The summed E-state index contributed by atoms with van der Waals surface area (Å²) in [5.41, 5.74) is 3.07. The molecule has 0 unspecified atom stereocenters. The summed E-state index contributed by atoms with van der Waals surface area (Å²) in [5, 5.41) is 3.93. The van der Waals surface area contributed by atoms with Crippen molar-refractivity contribution in [3.05, 3.63) is 112 Å². The van der Waals surface area contributed by atoms with E-state index in [2.05, 4.69) is 10.3 Å². The summed E-state index contributed by atoms with van der Waals surface area (Å²) in [5.74, 6) is 0.208. The van der Waals surface area contributed by atoms with Crippen LogP contribution in [-0.4, -0.2) is 24.5 Å². The molecule has 0 aliphatic carbocycles. The first-order valence-corrected chi connectivity index (χ1v) is 10.2. The highest BCUT2D eigenvalue weighted by Gasteiger charge is 2.22. The Bertz CT molecular complexity index is 1190. The Balaban J connectivity index is 1.50. The van der Waals surface area contributed by atoms with E-state index in [1.807, 2.05) is 78.9 Å². The van der Waals surface area contributed by atoms with E-state index in [-0.39, 0.29) is 11.5 Å². The number of ether oxygens (including phenoxy) is 1. The molecule has 0 fully saturated rings. The van der Waals surface area contributed by atoms with Gasteiger partial charge in [-0.1, -0.05) is 60.7 Å².